The first kappa shape index (κ1) is 37.6. The van der Waals surface area contributed by atoms with E-state index in [0.29, 0.717) is 13.2 Å². The van der Waals surface area contributed by atoms with E-state index in [-0.39, 0.29) is 43.5 Å². The van der Waals surface area contributed by atoms with Gasteiger partial charge in [-0.3, -0.25) is 4.79 Å². The number of ether oxygens (including phenoxy) is 4. The van der Waals surface area contributed by atoms with Crippen LogP contribution in [-0.2, 0) is 32.0 Å². The van der Waals surface area contributed by atoms with E-state index in [2.05, 4.69) is 47.8 Å². The van der Waals surface area contributed by atoms with Crippen molar-refractivity contribution in [2.45, 2.75) is 71.4 Å². The summed E-state index contributed by atoms with van der Waals surface area (Å²) in [4.78, 5) is 30.3. The average Bonchev–Trinajstić information content (AvgIpc) is 3.47. The Labute approximate surface area is 313 Å². The van der Waals surface area contributed by atoms with Crippen LogP contribution in [0, 0.1) is 0 Å². The predicted molar refractivity (Wildman–Crippen MR) is 209 cm³/mol. The van der Waals surface area contributed by atoms with Gasteiger partial charge in [0, 0.05) is 32.1 Å². The molecule has 0 heterocycles. The van der Waals surface area contributed by atoms with Crippen LogP contribution in [0.2, 0.25) is 0 Å². The highest BCUT2D eigenvalue weighted by atomic mass is 16.7. The summed E-state index contributed by atoms with van der Waals surface area (Å²) in [5.41, 5.74) is 6.01. The van der Waals surface area contributed by atoms with Gasteiger partial charge in [-0.25, -0.2) is 4.79 Å². The summed E-state index contributed by atoms with van der Waals surface area (Å²) >= 11 is 0. The molecule has 1 aliphatic rings. The molecule has 0 fully saturated rings. The van der Waals surface area contributed by atoms with E-state index in [9.17, 15) is 9.59 Å². The van der Waals surface area contributed by atoms with Crippen molar-refractivity contribution in [1.29, 1.82) is 0 Å². The van der Waals surface area contributed by atoms with E-state index in [1.807, 2.05) is 107 Å². The first-order chi connectivity index (χ1) is 25.6. The quantitative estimate of drug-likeness (QED) is 0.109. The molecule has 0 spiro atoms. The molecule has 0 aromatic heterocycles. The molecule has 2 amide bonds. The number of benzene rings is 5. The lowest BCUT2D eigenvalue weighted by Crippen LogP contribution is -2.51. The monoisotopic (exact) mass is 714 g/mol. The van der Waals surface area contributed by atoms with Gasteiger partial charge >= 0.3 is 6.09 Å². The molecule has 1 aliphatic carbocycles. The molecule has 53 heavy (non-hydrogen) atoms. The fourth-order valence-electron chi connectivity index (χ4n) is 7.06. The van der Waals surface area contributed by atoms with Crippen LogP contribution in [0.15, 0.2) is 115 Å². The number of nitrogens with zero attached hydrogens (tertiary/aromatic N) is 1. The van der Waals surface area contributed by atoms with Gasteiger partial charge in [-0.2, -0.15) is 0 Å². The number of hydrogen-bond donors (Lipinski definition) is 1. The average molecular weight is 715 g/mol. The summed E-state index contributed by atoms with van der Waals surface area (Å²) in [5.74, 6) is 0.340. The number of hydrogen-bond acceptors (Lipinski definition) is 6. The second-order valence-corrected chi connectivity index (χ2v) is 14.3. The Morgan fingerprint density at radius 3 is 2.00 bits per heavy atom. The molecule has 8 nitrogen and oxygen atoms in total. The van der Waals surface area contributed by atoms with E-state index in [0.717, 1.165) is 49.9 Å². The molecule has 0 saturated carbocycles. The Balaban J connectivity index is 1.28. The first-order valence-electron chi connectivity index (χ1n) is 18.5. The Kier molecular flexibility index (Phi) is 12.1. The molecule has 0 saturated heterocycles. The van der Waals surface area contributed by atoms with E-state index in [1.165, 1.54) is 0 Å². The highest BCUT2D eigenvalue weighted by molar-refractivity contribution is 5.88. The van der Waals surface area contributed by atoms with Crippen molar-refractivity contribution in [1.82, 2.24) is 10.2 Å². The lowest BCUT2D eigenvalue weighted by atomic mass is 9.98. The van der Waals surface area contributed by atoms with E-state index < -0.39 is 18.4 Å². The smallest absolute Gasteiger partial charge is 0.407 e. The minimum absolute atomic E-state index is 0.112. The molecule has 5 aromatic carbocycles. The zero-order chi connectivity index (χ0) is 37.4. The van der Waals surface area contributed by atoms with E-state index >= 15 is 0 Å². The van der Waals surface area contributed by atoms with Gasteiger partial charge in [-0.1, -0.05) is 103 Å². The highest BCUT2D eigenvalue weighted by Crippen LogP contribution is 2.44. The van der Waals surface area contributed by atoms with Crippen LogP contribution < -0.4 is 10.1 Å². The Morgan fingerprint density at radius 1 is 0.755 bits per heavy atom. The molecular formula is C45H50N2O6. The van der Waals surface area contributed by atoms with Crippen LogP contribution in [0.4, 0.5) is 4.79 Å². The summed E-state index contributed by atoms with van der Waals surface area (Å²) in [6.07, 6.45) is -1.07. The van der Waals surface area contributed by atoms with Crippen molar-refractivity contribution < 1.29 is 28.5 Å². The van der Waals surface area contributed by atoms with Crippen LogP contribution in [0.3, 0.4) is 0 Å². The number of carbonyl (C=O) groups excluding carboxylic acids is 2. The molecular weight excluding hydrogens is 665 g/mol. The van der Waals surface area contributed by atoms with Crippen molar-refractivity contribution in [3.8, 4) is 16.9 Å². The maximum atomic E-state index is 14.8. The van der Waals surface area contributed by atoms with Gasteiger partial charge in [0.05, 0.1) is 6.54 Å². The largest absolute Gasteiger partial charge is 0.488 e. The third-order valence-electron chi connectivity index (χ3n) is 9.35. The fraction of sp³-hybridized carbons (Fsp3) is 0.333. The summed E-state index contributed by atoms with van der Waals surface area (Å²) in [6, 6.07) is 37.3. The van der Waals surface area contributed by atoms with E-state index in [1.54, 1.807) is 4.90 Å². The first-order valence-corrected chi connectivity index (χ1v) is 18.5. The molecule has 6 rings (SSSR count). The van der Waals surface area contributed by atoms with Gasteiger partial charge in [0.15, 0.2) is 6.29 Å². The van der Waals surface area contributed by atoms with Gasteiger partial charge in [0.2, 0.25) is 5.91 Å². The van der Waals surface area contributed by atoms with Crippen molar-refractivity contribution in [2.24, 2.45) is 0 Å². The number of fused-ring (bicyclic) bond motifs is 4. The van der Waals surface area contributed by atoms with Crippen molar-refractivity contribution in [3.63, 3.8) is 0 Å². The summed E-state index contributed by atoms with van der Waals surface area (Å²) < 4.78 is 23.9. The van der Waals surface area contributed by atoms with Gasteiger partial charge in [-0.05, 0) is 90.9 Å². The maximum absolute atomic E-state index is 14.8. The maximum Gasteiger partial charge on any atom is 0.407 e. The van der Waals surface area contributed by atoms with Gasteiger partial charge in [0.25, 0.3) is 0 Å². The molecule has 1 unspecified atom stereocenters. The Hall–Kier alpha value is -5.18. The van der Waals surface area contributed by atoms with Crippen LogP contribution in [0.1, 0.15) is 62.8 Å². The zero-order valence-electron chi connectivity index (χ0n) is 31.3. The van der Waals surface area contributed by atoms with E-state index in [4.69, 9.17) is 18.9 Å². The fourth-order valence-corrected chi connectivity index (χ4v) is 7.06. The number of rotatable bonds is 15. The summed E-state index contributed by atoms with van der Waals surface area (Å²) in [6.45, 7) is 11.2. The topological polar surface area (TPSA) is 86.3 Å². The minimum atomic E-state index is -0.945. The summed E-state index contributed by atoms with van der Waals surface area (Å²) in [5, 5.41) is 5.09. The second kappa shape index (κ2) is 17.1. The van der Waals surface area contributed by atoms with Crippen molar-refractivity contribution >= 4 is 22.8 Å². The molecule has 8 heteroatoms. The normalized spacial score (nSPS) is 13.0. The molecule has 1 atom stereocenters. The SMILES string of the molecule is CCOC(CN(Cc1cccc2ccccc12)C(=O)C(Cc1ccc(OC(C)(C)C)cc1)NC(=O)OCC1c2ccccc2-c2ccccc21)OCC. The second-order valence-electron chi connectivity index (χ2n) is 14.3. The van der Waals surface area contributed by atoms with Crippen LogP contribution in [0.5, 0.6) is 5.75 Å². The third-order valence-corrected chi connectivity index (χ3v) is 9.35. The van der Waals surface area contributed by atoms with Gasteiger partial charge < -0.3 is 29.2 Å². The molecule has 1 N–H and O–H groups in total. The van der Waals surface area contributed by atoms with Gasteiger partial charge in [0.1, 0.15) is 24.0 Å². The molecule has 0 radical (unpaired) electrons. The minimum Gasteiger partial charge on any atom is -0.488 e. The number of nitrogens with one attached hydrogen (secondary N) is 1. The van der Waals surface area contributed by atoms with Gasteiger partial charge in [-0.15, -0.1) is 0 Å². The number of alkyl carbamates (subject to hydrolysis) is 1. The lowest BCUT2D eigenvalue weighted by molar-refractivity contribution is -0.160. The van der Waals surface area contributed by atoms with Crippen LogP contribution in [0.25, 0.3) is 21.9 Å². The van der Waals surface area contributed by atoms with Crippen molar-refractivity contribution in [3.05, 3.63) is 138 Å². The lowest BCUT2D eigenvalue weighted by Gasteiger charge is -2.31. The number of amides is 2. The Morgan fingerprint density at radius 2 is 1.36 bits per heavy atom. The van der Waals surface area contributed by atoms with Crippen LogP contribution in [-0.4, -0.2) is 61.2 Å². The molecule has 5 aromatic rings. The van der Waals surface area contributed by atoms with Crippen LogP contribution >= 0.6 is 0 Å². The summed E-state index contributed by atoms with van der Waals surface area (Å²) in [7, 11) is 0. The molecule has 0 bridgehead atoms. The molecule has 0 aliphatic heterocycles. The standard InChI is InChI=1S/C45H50N2O6/c1-6-50-42(51-7-2)29-47(28-33-17-14-16-32-15-8-9-18-35(32)33)43(48)41(27-31-23-25-34(26-24-31)53-45(3,4)5)46-44(49)52-30-40-38-21-12-10-19-36(38)37-20-11-13-22-39(37)40/h8-26,40-42H,6-7,27-30H2,1-5H3,(H,46,49). The predicted octanol–water partition coefficient (Wildman–Crippen LogP) is 8.89. The zero-order valence-corrected chi connectivity index (χ0v) is 31.3. The highest BCUT2D eigenvalue weighted by Gasteiger charge is 2.32. The molecule has 276 valence electrons. The number of carbonyl (C=O) groups is 2. The third kappa shape index (κ3) is 9.44. The Bertz CT molecular complexity index is 1950. The van der Waals surface area contributed by atoms with Crippen molar-refractivity contribution in [2.75, 3.05) is 26.4 Å².